The van der Waals surface area contributed by atoms with E-state index in [9.17, 15) is 0 Å². The van der Waals surface area contributed by atoms with Crippen molar-refractivity contribution >= 4 is 0 Å². The van der Waals surface area contributed by atoms with E-state index in [0.717, 1.165) is 11.3 Å². The minimum Gasteiger partial charge on any atom is -0.489 e. The van der Waals surface area contributed by atoms with Gasteiger partial charge in [0.1, 0.15) is 12.4 Å². The van der Waals surface area contributed by atoms with Crippen molar-refractivity contribution in [1.82, 2.24) is 0 Å². The summed E-state index contributed by atoms with van der Waals surface area (Å²) in [4.78, 5) is 0. The zero-order valence-electron chi connectivity index (χ0n) is 6.71. The van der Waals surface area contributed by atoms with E-state index < -0.39 is 0 Å². The normalized spacial score (nSPS) is 9.18. The largest absolute Gasteiger partial charge is 0.489 e. The fourth-order valence-electron chi connectivity index (χ4n) is 0.867. The highest BCUT2D eigenvalue weighted by molar-refractivity contribution is 5.31. The molecule has 0 heterocycles. The van der Waals surface area contributed by atoms with E-state index in [4.69, 9.17) is 4.74 Å². The molecular weight excluding hydrogens is 136 g/mol. The Hall–Kier alpha value is -1.24. The van der Waals surface area contributed by atoms with Crippen LogP contribution in [0, 0.1) is 6.92 Å². The van der Waals surface area contributed by atoms with Crippen LogP contribution in [0.15, 0.2) is 36.9 Å². The van der Waals surface area contributed by atoms with Gasteiger partial charge in [0.15, 0.2) is 0 Å². The lowest BCUT2D eigenvalue weighted by atomic mass is 10.2. The number of aryl methyl sites for hydroxylation is 1. The summed E-state index contributed by atoms with van der Waals surface area (Å²) in [6, 6.07) is 7.94. The monoisotopic (exact) mass is 148 g/mol. The maximum atomic E-state index is 5.37. The molecule has 0 aliphatic rings. The molecule has 1 nitrogen and oxygen atoms in total. The highest BCUT2D eigenvalue weighted by atomic mass is 16.5. The summed E-state index contributed by atoms with van der Waals surface area (Å²) in [5.41, 5.74) is 1.16. The summed E-state index contributed by atoms with van der Waals surface area (Å²) in [5.74, 6) is 0.937. The van der Waals surface area contributed by atoms with Crippen molar-refractivity contribution in [3.8, 4) is 5.75 Å². The van der Waals surface area contributed by atoms with E-state index in [-0.39, 0.29) is 0 Å². The van der Waals surface area contributed by atoms with Gasteiger partial charge in [0.25, 0.3) is 0 Å². The first-order valence-corrected chi connectivity index (χ1v) is 3.64. The van der Waals surface area contributed by atoms with Gasteiger partial charge in [-0.2, -0.15) is 0 Å². The van der Waals surface area contributed by atoms with Crippen LogP contribution in [0.2, 0.25) is 0 Å². The van der Waals surface area contributed by atoms with Crippen LogP contribution in [-0.2, 0) is 0 Å². The summed E-state index contributed by atoms with van der Waals surface area (Å²) in [6.45, 7) is 6.18. The molecule has 1 aromatic carbocycles. The summed E-state index contributed by atoms with van der Waals surface area (Å²) >= 11 is 0. The van der Waals surface area contributed by atoms with Crippen LogP contribution in [-0.4, -0.2) is 6.61 Å². The number of ether oxygens (including phenoxy) is 1. The van der Waals surface area contributed by atoms with E-state index in [2.05, 4.69) is 6.58 Å². The molecule has 0 unspecified atom stereocenters. The number of hydrogen-bond donors (Lipinski definition) is 0. The van der Waals surface area contributed by atoms with Crippen molar-refractivity contribution < 1.29 is 4.74 Å². The Morgan fingerprint density at radius 1 is 1.45 bits per heavy atom. The molecule has 1 heteroatoms. The Balaban J connectivity index is 2.69. The third-order valence-electron chi connectivity index (χ3n) is 1.45. The highest BCUT2D eigenvalue weighted by Crippen LogP contribution is 2.15. The Labute approximate surface area is 67.3 Å². The summed E-state index contributed by atoms with van der Waals surface area (Å²) in [5, 5.41) is 0. The van der Waals surface area contributed by atoms with E-state index >= 15 is 0 Å². The molecule has 0 bridgehead atoms. The maximum Gasteiger partial charge on any atom is 0.122 e. The molecule has 0 aliphatic carbocycles. The molecule has 1 rings (SSSR count). The molecule has 58 valence electrons. The van der Waals surface area contributed by atoms with Gasteiger partial charge < -0.3 is 4.74 Å². The van der Waals surface area contributed by atoms with Crippen LogP contribution in [0.5, 0.6) is 5.75 Å². The standard InChI is InChI=1S/C10H12O/c1-3-8-11-10-7-5-4-6-9(10)2/h3-7H,1,8H2,2H3. The molecule has 0 fully saturated rings. The van der Waals surface area contributed by atoms with Gasteiger partial charge in [0, 0.05) is 0 Å². The second kappa shape index (κ2) is 3.81. The van der Waals surface area contributed by atoms with Gasteiger partial charge in [-0.05, 0) is 18.6 Å². The second-order valence-corrected chi connectivity index (χ2v) is 2.37. The zero-order valence-corrected chi connectivity index (χ0v) is 6.71. The minimum absolute atomic E-state index is 0.574. The van der Waals surface area contributed by atoms with E-state index in [1.165, 1.54) is 0 Å². The van der Waals surface area contributed by atoms with Crippen LogP contribution in [0.3, 0.4) is 0 Å². The zero-order chi connectivity index (χ0) is 8.10. The Bertz CT molecular complexity index is 240. The van der Waals surface area contributed by atoms with Crippen molar-refractivity contribution in [3.05, 3.63) is 42.5 Å². The quantitative estimate of drug-likeness (QED) is 0.598. The van der Waals surface area contributed by atoms with E-state index in [0.29, 0.717) is 6.61 Å². The van der Waals surface area contributed by atoms with Gasteiger partial charge in [-0.15, -0.1) is 0 Å². The summed E-state index contributed by atoms with van der Waals surface area (Å²) in [6.07, 6.45) is 1.74. The number of hydrogen-bond acceptors (Lipinski definition) is 1. The molecule has 1 aromatic rings. The molecule has 11 heavy (non-hydrogen) atoms. The second-order valence-electron chi connectivity index (χ2n) is 2.37. The highest BCUT2D eigenvalue weighted by Gasteiger charge is 1.93. The first-order chi connectivity index (χ1) is 5.34. The molecule has 0 saturated heterocycles. The first-order valence-electron chi connectivity index (χ1n) is 3.64. The van der Waals surface area contributed by atoms with Crippen LogP contribution >= 0.6 is 0 Å². The van der Waals surface area contributed by atoms with E-state index in [1.807, 2.05) is 31.2 Å². The topological polar surface area (TPSA) is 9.23 Å². The molecule has 0 N–H and O–H groups in total. The van der Waals surface area contributed by atoms with E-state index in [1.54, 1.807) is 6.08 Å². The predicted octanol–water partition coefficient (Wildman–Crippen LogP) is 2.56. The SMILES string of the molecule is C=CCOc1ccccc1C. The van der Waals surface area contributed by atoms with Gasteiger partial charge in [-0.25, -0.2) is 0 Å². The molecule has 0 spiro atoms. The molecule has 0 atom stereocenters. The lowest BCUT2D eigenvalue weighted by molar-refractivity contribution is 0.360. The average Bonchev–Trinajstić information content (AvgIpc) is 2.03. The summed E-state index contributed by atoms with van der Waals surface area (Å²) < 4.78 is 5.37. The van der Waals surface area contributed by atoms with Gasteiger partial charge in [-0.3, -0.25) is 0 Å². The fourth-order valence-corrected chi connectivity index (χ4v) is 0.867. The predicted molar refractivity (Wildman–Crippen MR) is 46.9 cm³/mol. The van der Waals surface area contributed by atoms with Gasteiger partial charge in [0.05, 0.1) is 0 Å². The lowest BCUT2D eigenvalue weighted by Gasteiger charge is -2.04. The Morgan fingerprint density at radius 2 is 2.18 bits per heavy atom. The first kappa shape index (κ1) is 7.86. The Morgan fingerprint density at radius 3 is 2.82 bits per heavy atom. The average molecular weight is 148 g/mol. The van der Waals surface area contributed by atoms with Crippen molar-refractivity contribution in [2.24, 2.45) is 0 Å². The third-order valence-corrected chi connectivity index (χ3v) is 1.45. The molecule has 0 amide bonds. The van der Waals surface area contributed by atoms with Crippen molar-refractivity contribution in [2.45, 2.75) is 6.92 Å². The van der Waals surface area contributed by atoms with Crippen LogP contribution in [0.1, 0.15) is 5.56 Å². The van der Waals surface area contributed by atoms with Crippen molar-refractivity contribution in [3.63, 3.8) is 0 Å². The molecule has 0 aliphatic heterocycles. The number of para-hydroxylation sites is 1. The summed E-state index contributed by atoms with van der Waals surface area (Å²) in [7, 11) is 0. The van der Waals surface area contributed by atoms with Crippen LogP contribution in [0.25, 0.3) is 0 Å². The van der Waals surface area contributed by atoms with Gasteiger partial charge in [0.2, 0.25) is 0 Å². The van der Waals surface area contributed by atoms with Crippen molar-refractivity contribution in [1.29, 1.82) is 0 Å². The molecule has 0 aromatic heterocycles. The molecular formula is C10H12O. The number of benzene rings is 1. The van der Waals surface area contributed by atoms with Crippen LogP contribution in [0.4, 0.5) is 0 Å². The van der Waals surface area contributed by atoms with Crippen molar-refractivity contribution in [2.75, 3.05) is 6.61 Å². The molecule has 0 saturated carbocycles. The van der Waals surface area contributed by atoms with Gasteiger partial charge in [-0.1, -0.05) is 30.9 Å². The fraction of sp³-hybridized carbons (Fsp3) is 0.200. The lowest BCUT2D eigenvalue weighted by Crippen LogP contribution is -1.93. The maximum absolute atomic E-state index is 5.37. The minimum atomic E-state index is 0.574. The van der Waals surface area contributed by atoms with Crippen LogP contribution < -0.4 is 4.74 Å². The third kappa shape index (κ3) is 2.11. The smallest absolute Gasteiger partial charge is 0.122 e. The molecule has 0 radical (unpaired) electrons. The Kier molecular flexibility index (Phi) is 2.73. The van der Waals surface area contributed by atoms with Gasteiger partial charge >= 0.3 is 0 Å². The number of rotatable bonds is 3.